The van der Waals surface area contributed by atoms with Gasteiger partial charge in [0.25, 0.3) is 21.8 Å². The van der Waals surface area contributed by atoms with E-state index in [9.17, 15) is 17.8 Å². The summed E-state index contributed by atoms with van der Waals surface area (Å²) >= 11 is 0. The predicted molar refractivity (Wildman–Crippen MR) is 97.6 cm³/mol. The average Bonchev–Trinajstić information content (AvgIpc) is 3.10. The molecule has 0 aliphatic heterocycles. The summed E-state index contributed by atoms with van der Waals surface area (Å²) in [5.74, 6) is -0.160. The molecule has 0 unspecified atom stereocenters. The molecular weight excluding hydrogens is 370 g/mol. The van der Waals surface area contributed by atoms with Crippen LogP contribution in [0.15, 0.2) is 70.0 Å². The highest BCUT2D eigenvalue weighted by molar-refractivity contribution is 7.86. The predicted octanol–water partition coefficient (Wildman–Crippen LogP) is 3.49. The summed E-state index contributed by atoms with van der Waals surface area (Å²) in [7, 11) is -4.48. The molecule has 0 spiro atoms. The van der Waals surface area contributed by atoms with Crippen LogP contribution in [0.5, 0.6) is 5.75 Å². The molecule has 0 amide bonds. The second-order valence-corrected chi connectivity index (χ2v) is 7.18. The highest BCUT2D eigenvalue weighted by Gasteiger charge is 2.22. The Morgan fingerprint density at radius 3 is 2.41 bits per heavy atom. The Morgan fingerprint density at radius 1 is 1.04 bits per heavy atom. The first-order chi connectivity index (χ1) is 12.9. The van der Waals surface area contributed by atoms with Crippen molar-refractivity contribution in [1.82, 2.24) is 4.98 Å². The van der Waals surface area contributed by atoms with Gasteiger partial charge in [0, 0.05) is 16.8 Å². The third kappa shape index (κ3) is 3.27. The quantitative estimate of drug-likeness (QED) is 0.415. The van der Waals surface area contributed by atoms with Gasteiger partial charge in [-0.2, -0.15) is 8.42 Å². The third-order valence-electron chi connectivity index (χ3n) is 3.99. The number of hydrogen-bond acceptors (Lipinski definition) is 6. The van der Waals surface area contributed by atoms with Gasteiger partial charge in [-0.05, 0) is 12.1 Å². The van der Waals surface area contributed by atoms with Gasteiger partial charge in [-0.1, -0.05) is 42.5 Å². The molecule has 8 heteroatoms. The molecule has 0 radical (unpaired) electrons. The van der Waals surface area contributed by atoms with Gasteiger partial charge < -0.3 is 9.15 Å². The summed E-state index contributed by atoms with van der Waals surface area (Å²) in [5, 5.41) is 0.745. The van der Waals surface area contributed by atoms with Gasteiger partial charge in [0.05, 0.1) is 0 Å². The van der Waals surface area contributed by atoms with Crippen LogP contribution in [0.25, 0.3) is 21.9 Å². The van der Waals surface area contributed by atoms with Crippen molar-refractivity contribution in [2.24, 2.45) is 0 Å². The van der Waals surface area contributed by atoms with Crippen LogP contribution in [0.3, 0.4) is 0 Å². The molecule has 0 saturated carbocycles. The van der Waals surface area contributed by atoms with Gasteiger partial charge in [0.15, 0.2) is 12.2 Å². The zero-order valence-electron chi connectivity index (χ0n) is 13.8. The lowest BCUT2D eigenvalue weighted by atomic mass is 10.1. The largest absolute Gasteiger partial charge is 0.485 e. The highest BCUT2D eigenvalue weighted by Crippen LogP contribution is 2.31. The van der Waals surface area contributed by atoms with E-state index >= 15 is 0 Å². The number of nitrogens with zero attached hydrogens (tertiary/aromatic N) is 1. The lowest BCUT2D eigenvalue weighted by molar-refractivity contribution is 0.0889. The second-order valence-electron chi connectivity index (χ2n) is 5.79. The lowest BCUT2D eigenvalue weighted by Crippen LogP contribution is -2.11. The van der Waals surface area contributed by atoms with Crippen LogP contribution in [0.2, 0.25) is 0 Å². The van der Waals surface area contributed by atoms with Crippen molar-refractivity contribution in [3.05, 3.63) is 66.6 Å². The van der Waals surface area contributed by atoms with Gasteiger partial charge in [0.2, 0.25) is 0 Å². The smallest absolute Gasteiger partial charge is 0.295 e. The number of Topliss-reactive ketones (excluding diaryl/α,β-unsaturated/α-hetero) is 1. The van der Waals surface area contributed by atoms with Crippen molar-refractivity contribution < 1.29 is 26.9 Å². The maximum absolute atomic E-state index is 12.4. The van der Waals surface area contributed by atoms with E-state index < -0.39 is 15.9 Å². The number of carbonyl (C=O) groups excluding carboxylic acids is 1. The Labute approximate surface area is 153 Å². The molecule has 1 heterocycles. The second kappa shape index (κ2) is 6.49. The Morgan fingerprint density at radius 2 is 1.70 bits per heavy atom. The first-order valence-electron chi connectivity index (χ1n) is 7.94. The summed E-state index contributed by atoms with van der Waals surface area (Å²) in [6.07, 6.45) is 0. The molecule has 0 bridgehead atoms. The average molecular weight is 383 g/mol. The van der Waals surface area contributed by atoms with E-state index in [0.29, 0.717) is 22.0 Å². The van der Waals surface area contributed by atoms with Gasteiger partial charge in [-0.25, -0.2) is 4.98 Å². The molecule has 0 saturated heterocycles. The van der Waals surface area contributed by atoms with Gasteiger partial charge in [-0.3, -0.25) is 9.35 Å². The van der Waals surface area contributed by atoms with Crippen molar-refractivity contribution in [2.75, 3.05) is 6.61 Å². The third-order valence-corrected chi connectivity index (χ3v) is 4.89. The van der Waals surface area contributed by atoms with E-state index in [0.717, 1.165) is 6.07 Å². The fourth-order valence-corrected chi connectivity index (χ4v) is 3.50. The maximum Gasteiger partial charge on any atom is 0.295 e. The zero-order valence-corrected chi connectivity index (χ0v) is 14.6. The molecule has 27 heavy (non-hydrogen) atoms. The molecule has 0 aliphatic rings. The molecular formula is C19H13NO6S. The van der Waals surface area contributed by atoms with Crippen LogP contribution in [-0.2, 0) is 10.1 Å². The number of carbonyl (C=O) groups is 1. The minimum atomic E-state index is -4.48. The number of fused-ring (bicyclic) bond motifs is 3. The Kier molecular flexibility index (Phi) is 4.14. The van der Waals surface area contributed by atoms with E-state index in [1.807, 2.05) is 6.07 Å². The number of aromatic nitrogens is 1. The normalized spacial score (nSPS) is 11.7. The summed E-state index contributed by atoms with van der Waals surface area (Å²) in [6.45, 7) is -0.278. The SMILES string of the molecule is O=C(COc1ccccc1)c1nc2c(cc(S(=O)(=O)O)c3ccccc32)o1. The van der Waals surface area contributed by atoms with Crippen LogP contribution < -0.4 is 4.74 Å². The standard InChI is InChI=1S/C19H13NO6S/c21-15(11-25-12-6-2-1-3-7-12)19-20-18-14-9-5-4-8-13(14)17(27(22,23)24)10-16(18)26-19/h1-10H,11H2,(H,22,23,24). The van der Waals surface area contributed by atoms with E-state index in [4.69, 9.17) is 9.15 Å². The molecule has 4 rings (SSSR count). The van der Waals surface area contributed by atoms with Crippen LogP contribution in [0, 0.1) is 0 Å². The topological polar surface area (TPSA) is 107 Å². The maximum atomic E-state index is 12.4. The fraction of sp³-hybridized carbons (Fsp3) is 0.0526. The Bertz CT molecular complexity index is 1260. The van der Waals surface area contributed by atoms with Crippen molar-refractivity contribution in [3.63, 3.8) is 0 Å². The number of benzene rings is 3. The number of para-hydroxylation sites is 1. The molecule has 1 N–H and O–H groups in total. The molecule has 0 atom stereocenters. The van der Waals surface area contributed by atoms with Gasteiger partial charge >= 0.3 is 0 Å². The summed E-state index contributed by atoms with van der Waals surface area (Å²) in [6, 6.07) is 16.5. The number of hydrogen-bond donors (Lipinski definition) is 1. The molecule has 0 aliphatic carbocycles. The highest BCUT2D eigenvalue weighted by atomic mass is 32.2. The van der Waals surface area contributed by atoms with Gasteiger partial charge in [-0.15, -0.1) is 0 Å². The summed E-state index contributed by atoms with van der Waals surface area (Å²) < 4.78 is 43.7. The van der Waals surface area contributed by atoms with Crippen LogP contribution in [0.4, 0.5) is 0 Å². The molecule has 136 valence electrons. The van der Waals surface area contributed by atoms with Crippen LogP contribution in [-0.4, -0.2) is 30.3 Å². The summed E-state index contributed by atoms with van der Waals surface area (Å²) in [5.41, 5.74) is 0.422. The van der Waals surface area contributed by atoms with Crippen molar-refractivity contribution in [3.8, 4) is 5.75 Å². The zero-order chi connectivity index (χ0) is 19.0. The molecule has 0 fully saturated rings. The van der Waals surface area contributed by atoms with E-state index in [1.54, 1.807) is 48.5 Å². The number of rotatable bonds is 5. The molecule has 4 aromatic rings. The first kappa shape index (κ1) is 17.2. The van der Waals surface area contributed by atoms with E-state index in [2.05, 4.69) is 4.98 Å². The Hall–Kier alpha value is -3.23. The van der Waals surface area contributed by atoms with Crippen molar-refractivity contribution in [2.45, 2.75) is 4.90 Å². The van der Waals surface area contributed by atoms with Crippen LogP contribution >= 0.6 is 0 Å². The summed E-state index contributed by atoms with van der Waals surface area (Å²) in [4.78, 5) is 16.3. The minimum absolute atomic E-state index is 0.0874. The number of ketones is 1. The molecule has 1 aromatic heterocycles. The monoisotopic (exact) mass is 383 g/mol. The fourth-order valence-electron chi connectivity index (χ4n) is 2.78. The molecule has 7 nitrogen and oxygen atoms in total. The Balaban J connectivity index is 1.76. The number of ether oxygens (including phenoxy) is 1. The molecule has 3 aromatic carbocycles. The number of oxazole rings is 1. The van der Waals surface area contributed by atoms with E-state index in [-0.39, 0.29) is 23.0 Å². The van der Waals surface area contributed by atoms with Gasteiger partial charge in [0.1, 0.15) is 16.2 Å². The minimum Gasteiger partial charge on any atom is -0.485 e. The van der Waals surface area contributed by atoms with E-state index in [1.165, 1.54) is 0 Å². The lowest BCUT2D eigenvalue weighted by Gasteiger charge is -2.03. The first-order valence-corrected chi connectivity index (χ1v) is 9.38. The van der Waals surface area contributed by atoms with Crippen molar-refractivity contribution >= 4 is 37.8 Å². The van der Waals surface area contributed by atoms with Crippen molar-refractivity contribution in [1.29, 1.82) is 0 Å². The van der Waals surface area contributed by atoms with Crippen LogP contribution in [0.1, 0.15) is 10.7 Å².